The molecular formula is C17H35BO4Si2. The zero-order valence-electron chi connectivity index (χ0n) is 16.7. The van der Waals surface area contributed by atoms with Gasteiger partial charge in [-0.25, -0.2) is 0 Å². The van der Waals surface area contributed by atoms with Gasteiger partial charge in [0.25, 0.3) is 0 Å². The molecule has 0 bridgehead atoms. The first-order valence-electron chi connectivity index (χ1n) is 9.28. The van der Waals surface area contributed by atoms with E-state index >= 15 is 0 Å². The minimum Gasteiger partial charge on any atom is -0.414 e. The maximum Gasteiger partial charge on any atom is 0.335 e. The lowest BCUT2D eigenvalue weighted by Crippen LogP contribution is -2.64. The summed E-state index contributed by atoms with van der Waals surface area (Å²) in [6.07, 6.45) is 0.0714. The molecule has 24 heavy (non-hydrogen) atoms. The SMILES string of the molecule is [B]CC(=O)C1CCO[Si](C(C)C)(C(C)C)O[Si](C(C)C)(C(C)C)O1. The summed E-state index contributed by atoms with van der Waals surface area (Å²) in [5.41, 5.74) is 1.12. The van der Waals surface area contributed by atoms with E-state index in [-0.39, 0.29) is 23.2 Å². The molecule has 1 fully saturated rings. The Bertz CT molecular complexity index is 411. The van der Waals surface area contributed by atoms with Gasteiger partial charge in [0, 0.05) is 13.0 Å². The van der Waals surface area contributed by atoms with Crippen LogP contribution in [0, 0.1) is 0 Å². The molecule has 0 aliphatic carbocycles. The van der Waals surface area contributed by atoms with Gasteiger partial charge in [0.15, 0.2) is 5.78 Å². The fraction of sp³-hybridized carbons (Fsp3) is 0.941. The summed E-state index contributed by atoms with van der Waals surface area (Å²) in [6, 6.07) is 0. The molecule has 2 radical (unpaired) electrons. The van der Waals surface area contributed by atoms with Crippen molar-refractivity contribution in [3.63, 3.8) is 0 Å². The minimum absolute atomic E-state index is 0.00225. The smallest absolute Gasteiger partial charge is 0.335 e. The van der Waals surface area contributed by atoms with E-state index in [0.717, 1.165) is 0 Å². The van der Waals surface area contributed by atoms with E-state index in [2.05, 4.69) is 55.4 Å². The molecule has 7 heteroatoms. The summed E-state index contributed by atoms with van der Waals surface area (Å²) < 4.78 is 20.0. The molecule has 1 saturated heterocycles. The van der Waals surface area contributed by atoms with Crippen LogP contribution < -0.4 is 0 Å². The molecule has 1 atom stereocenters. The Balaban J connectivity index is 3.39. The van der Waals surface area contributed by atoms with E-state index in [1.54, 1.807) is 0 Å². The van der Waals surface area contributed by atoms with Gasteiger partial charge in [-0.15, -0.1) is 0 Å². The van der Waals surface area contributed by atoms with E-state index < -0.39 is 23.2 Å². The molecule has 4 nitrogen and oxygen atoms in total. The molecule has 1 aliphatic rings. The second kappa shape index (κ2) is 8.62. The van der Waals surface area contributed by atoms with Gasteiger partial charge in [-0.1, -0.05) is 55.4 Å². The number of ketones is 1. The molecule has 1 rings (SSSR count). The minimum atomic E-state index is -2.66. The van der Waals surface area contributed by atoms with Crippen LogP contribution in [0.25, 0.3) is 0 Å². The molecule has 0 N–H and O–H groups in total. The number of hydrogen-bond acceptors (Lipinski definition) is 4. The highest BCUT2D eigenvalue weighted by atomic mass is 28.5. The van der Waals surface area contributed by atoms with Crippen LogP contribution in [0.1, 0.15) is 61.8 Å². The largest absolute Gasteiger partial charge is 0.414 e. The molecule has 1 heterocycles. The highest BCUT2D eigenvalue weighted by Gasteiger charge is 2.58. The molecule has 138 valence electrons. The van der Waals surface area contributed by atoms with Gasteiger partial charge in [-0.2, -0.15) is 0 Å². The highest BCUT2D eigenvalue weighted by molar-refractivity contribution is 6.84. The molecule has 0 amide bonds. The Labute approximate surface area is 151 Å². The molecule has 0 aromatic heterocycles. The van der Waals surface area contributed by atoms with Crippen LogP contribution in [-0.2, 0) is 17.8 Å². The molecule has 0 spiro atoms. The summed E-state index contributed by atoms with van der Waals surface area (Å²) in [7, 11) is 0.472. The predicted octanol–water partition coefficient (Wildman–Crippen LogP) is 4.49. The van der Waals surface area contributed by atoms with Crippen LogP contribution in [0.3, 0.4) is 0 Å². The summed E-state index contributed by atoms with van der Waals surface area (Å²) in [5, 5.41) is 0. The second-order valence-electron chi connectivity index (χ2n) is 8.08. The van der Waals surface area contributed by atoms with Gasteiger partial charge in [-0.3, -0.25) is 4.79 Å². The Hall–Kier alpha value is 0.0487. The lowest BCUT2D eigenvalue weighted by Gasteiger charge is -2.50. The monoisotopic (exact) mass is 370 g/mol. The maximum absolute atomic E-state index is 12.3. The molecule has 1 unspecified atom stereocenters. The zero-order chi connectivity index (χ0) is 18.7. The number of carbonyl (C=O) groups excluding carboxylic acids is 1. The first kappa shape index (κ1) is 22.1. The molecule has 1 aliphatic heterocycles. The molecule has 0 saturated carbocycles. The summed E-state index contributed by atoms with van der Waals surface area (Å²) in [4.78, 5) is 12.3. The van der Waals surface area contributed by atoms with Gasteiger partial charge >= 0.3 is 17.1 Å². The van der Waals surface area contributed by atoms with Crippen molar-refractivity contribution in [1.82, 2.24) is 0 Å². The van der Waals surface area contributed by atoms with Crippen molar-refractivity contribution in [3.8, 4) is 0 Å². The first-order valence-corrected chi connectivity index (χ1v) is 13.2. The summed E-state index contributed by atoms with van der Waals surface area (Å²) >= 11 is 0. The zero-order valence-corrected chi connectivity index (χ0v) is 18.7. The van der Waals surface area contributed by atoms with Crippen LogP contribution in [0.4, 0.5) is 0 Å². The second-order valence-corrected chi connectivity index (χ2v) is 16.9. The van der Waals surface area contributed by atoms with Crippen molar-refractivity contribution in [2.24, 2.45) is 0 Å². The Morgan fingerprint density at radius 2 is 1.42 bits per heavy atom. The Morgan fingerprint density at radius 3 is 1.79 bits per heavy atom. The maximum atomic E-state index is 12.3. The fourth-order valence-corrected chi connectivity index (χ4v) is 14.9. The quantitative estimate of drug-likeness (QED) is 0.646. The van der Waals surface area contributed by atoms with Crippen molar-refractivity contribution < 1.29 is 17.8 Å². The van der Waals surface area contributed by atoms with Gasteiger partial charge in [0.05, 0.1) is 7.85 Å². The van der Waals surface area contributed by atoms with Crippen LogP contribution in [0.5, 0.6) is 0 Å². The van der Waals surface area contributed by atoms with Crippen molar-refractivity contribution in [1.29, 1.82) is 0 Å². The third-order valence-electron chi connectivity index (χ3n) is 5.13. The molecule has 0 aromatic rings. The van der Waals surface area contributed by atoms with E-state index in [1.807, 2.05) is 0 Å². The van der Waals surface area contributed by atoms with E-state index in [9.17, 15) is 4.79 Å². The van der Waals surface area contributed by atoms with Crippen molar-refractivity contribution >= 4 is 30.8 Å². The third-order valence-corrected chi connectivity index (χ3v) is 15.4. The average Bonchev–Trinajstić information content (AvgIpc) is 2.45. The van der Waals surface area contributed by atoms with Gasteiger partial charge in [0.1, 0.15) is 6.10 Å². The van der Waals surface area contributed by atoms with Gasteiger partial charge in [-0.05, 0) is 28.5 Å². The van der Waals surface area contributed by atoms with E-state index in [4.69, 9.17) is 20.8 Å². The standard InChI is InChI=1S/C17H35BO4Si2/c1-12(2)23(13(3)4)20-10-9-17(16(19)11-18)21-24(22-23,14(5)6)15(7)8/h12-15,17H,9-11H2,1-8H3. The van der Waals surface area contributed by atoms with E-state index in [1.165, 1.54) is 0 Å². The van der Waals surface area contributed by atoms with Crippen molar-refractivity contribution in [2.75, 3.05) is 6.61 Å². The van der Waals surface area contributed by atoms with Crippen molar-refractivity contribution in [2.45, 2.75) is 96.4 Å². The number of carbonyl (C=O) groups is 1. The van der Waals surface area contributed by atoms with E-state index in [0.29, 0.717) is 24.1 Å². The lowest BCUT2D eigenvalue weighted by atomic mass is 9.96. The highest BCUT2D eigenvalue weighted by Crippen LogP contribution is 2.45. The Morgan fingerprint density at radius 1 is 0.958 bits per heavy atom. The van der Waals surface area contributed by atoms with Crippen LogP contribution in [-0.4, -0.2) is 43.5 Å². The normalized spacial score (nSPS) is 24.4. The molecule has 0 aromatic carbocycles. The lowest BCUT2D eigenvalue weighted by molar-refractivity contribution is -0.126. The third kappa shape index (κ3) is 4.23. The Kier molecular flexibility index (Phi) is 7.94. The predicted molar refractivity (Wildman–Crippen MR) is 104 cm³/mol. The van der Waals surface area contributed by atoms with Crippen LogP contribution in [0.2, 0.25) is 28.5 Å². The van der Waals surface area contributed by atoms with Crippen LogP contribution in [0.15, 0.2) is 0 Å². The number of hydrogen-bond donors (Lipinski definition) is 0. The summed E-state index contributed by atoms with van der Waals surface area (Å²) in [6.45, 7) is 17.9. The first-order chi connectivity index (χ1) is 11.0. The van der Waals surface area contributed by atoms with Gasteiger partial charge < -0.3 is 13.0 Å². The molecular weight excluding hydrogens is 335 g/mol. The van der Waals surface area contributed by atoms with Gasteiger partial charge in [0.2, 0.25) is 0 Å². The summed E-state index contributed by atoms with van der Waals surface area (Å²) in [5.74, 6) is -0.0522. The number of Topliss-reactive ketones (excluding diaryl/α,β-unsaturated/α-hetero) is 1. The average molecular weight is 370 g/mol. The van der Waals surface area contributed by atoms with Crippen LogP contribution >= 0.6 is 0 Å². The van der Waals surface area contributed by atoms with Crippen molar-refractivity contribution in [3.05, 3.63) is 0 Å². The fourth-order valence-electron chi connectivity index (χ4n) is 3.68. The number of rotatable bonds is 6. The topological polar surface area (TPSA) is 44.8 Å².